The fourth-order valence-corrected chi connectivity index (χ4v) is 1.83. The van der Waals surface area contributed by atoms with Gasteiger partial charge in [-0.25, -0.2) is 4.39 Å². The van der Waals surface area contributed by atoms with Gasteiger partial charge < -0.3 is 5.11 Å². The van der Waals surface area contributed by atoms with Crippen molar-refractivity contribution in [3.63, 3.8) is 0 Å². The van der Waals surface area contributed by atoms with E-state index in [-0.39, 0.29) is 5.56 Å². The Bertz CT molecular complexity index is 490. The molecule has 1 aromatic heterocycles. The number of hydrogen-bond acceptors (Lipinski definition) is 2. The Balaban J connectivity index is 2.42. The SMILES string of the molecule is O[C@H](c1cccnc1)c1cccc(Br)c1F. The molecule has 2 rings (SSSR count). The number of benzene rings is 1. The molecular formula is C12H9BrFNO. The van der Waals surface area contributed by atoms with E-state index in [4.69, 9.17) is 0 Å². The minimum absolute atomic E-state index is 0.238. The van der Waals surface area contributed by atoms with Gasteiger partial charge in [0.15, 0.2) is 0 Å². The second-order valence-electron chi connectivity index (χ2n) is 3.33. The van der Waals surface area contributed by atoms with Gasteiger partial charge >= 0.3 is 0 Å². The van der Waals surface area contributed by atoms with Gasteiger partial charge in [-0.15, -0.1) is 0 Å². The average molecular weight is 282 g/mol. The Morgan fingerprint density at radius 2 is 2.06 bits per heavy atom. The second-order valence-corrected chi connectivity index (χ2v) is 4.19. The fourth-order valence-electron chi connectivity index (χ4n) is 1.45. The number of pyridine rings is 1. The molecule has 0 aliphatic heterocycles. The molecule has 0 radical (unpaired) electrons. The molecule has 4 heteroatoms. The summed E-state index contributed by atoms with van der Waals surface area (Å²) in [5, 5.41) is 10.00. The van der Waals surface area contributed by atoms with Crippen LogP contribution < -0.4 is 0 Å². The third-order valence-electron chi connectivity index (χ3n) is 2.28. The topological polar surface area (TPSA) is 33.1 Å². The maximum Gasteiger partial charge on any atom is 0.143 e. The summed E-state index contributed by atoms with van der Waals surface area (Å²) < 4.78 is 14.1. The summed E-state index contributed by atoms with van der Waals surface area (Å²) in [6, 6.07) is 8.24. The molecular weight excluding hydrogens is 273 g/mol. The number of halogens is 2. The molecule has 2 aromatic rings. The molecule has 0 fully saturated rings. The van der Waals surface area contributed by atoms with Crippen molar-refractivity contribution in [2.75, 3.05) is 0 Å². The molecule has 0 unspecified atom stereocenters. The van der Waals surface area contributed by atoms with Crippen molar-refractivity contribution in [1.82, 2.24) is 4.98 Å². The van der Waals surface area contributed by atoms with Crippen LogP contribution in [0, 0.1) is 5.82 Å². The lowest BCUT2D eigenvalue weighted by Gasteiger charge is -2.12. The maximum atomic E-state index is 13.7. The van der Waals surface area contributed by atoms with E-state index in [1.807, 2.05) is 0 Å². The van der Waals surface area contributed by atoms with Gasteiger partial charge in [0.2, 0.25) is 0 Å². The number of aliphatic hydroxyl groups excluding tert-OH is 1. The van der Waals surface area contributed by atoms with E-state index in [2.05, 4.69) is 20.9 Å². The summed E-state index contributed by atoms with van der Waals surface area (Å²) >= 11 is 3.09. The van der Waals surface area contributed by atoms with Gasteiger partial charge in [-0.3, -0.25) is 4.98 Å². The van der Waals surface area contributed by atoms with Crippen LogP contribution in [-0.4, -0.2) is 10.1 Å². The minimum atomic E-state index is -0.994. The molecule has 2 nitrogen and oxygen atoms in total. The zero-order chi connectivity index (χ0) is 11.5. The fraction of sp³-hybridized carbons (Fsp3) is 0.0833. The Hall–Kier alpha value is -1.26. The Labute approximate surface area is 101 Å². The smallest absolute Gasteiger partial charge is 0.143 e. The third-order valence-corrected chi connectivity index (χ3v) is 2.89. The van der Waals surface area contributed by atoms with Crippen LogP contribution in [-0.2, 0) is 0 Å². The molecule has 0 aliphatic carbocycles. The first-order valence-corrected chi connectivity index (χ1v) is 5.51. The molecule has 0 spiro atoms. The van der Waals surface area contributed by atoms with Crippen molar-refractivity contribution in [3.8, 4) is 0 Å². The summed E-state index contributed by atoms with van der Waals surface area (Å²) in [6.07, 6.45) is 2.13. The van der Waals surface area contributed by atoms with E-state index in [1.54, 1.807) is 36.5 Å². The molecule has 1 N–H and O–H groups in total. The Kier molecular flexibility index (Phi) is 3.31. The molecule has 0 aliphatic rings. The average Bonchev–Trinajstić information content (AvgIpc) is 2.33. The molecule has 1 aromatic carbocycles. The molecule has 1 atom stereocenters. The number of aliphatic hydroxyl groups is 1. The van der Waals surface area contributed by atoms with Gasteiger partial charge in [0.1, 0.15) is 11.9 Å². The van der Waals surface area contributed by atoms with Crippen LogP contribution in [0.1, 0.15) is 17.2 Å². The van der Waals surface area contributed by atoms with Gasteiger partial charge in [0.25, 0.3) is 0 Å². The van der Waals surface area contributed by atoms with Crippen LogP contribution in [0.4, 0.5) is 4.39 Å². The van der Waals surface area contributed by atoms with E-state index in [0.29, 0.717) is 10.0 Å². The van der Waals surface area contributed by atoms with Crippen molar-refractivity contribution in [3.05, 3.63) is 64.1 Å². The molecule has 0 saturated heterocycles. The van der Waals surface area contributed by atoms with E-state index < -0.39 is 11.9 Å². The summed E-state index contributed by atoms with van der Waals surface area (Å²) in [5.74, 6) is -0.446. The first-order valence-electron chi connectivity index (χ1n) is 4.72. The van der Waals surface area contributed by atoms with E-state index in [9.17, 15) is 9.50 Å². The van der Waals surface area contributed by atoms with Crippen LogP contribution in [0.25, 0.3) is 0 Å². The summed E-state index contributed by atoms with van der Waals surface area (Å²) in [4.78, 5) is 3.89. The quantitative estimate of drug-likeness (QED) is 0.918. The predicted octanol–water partition coefficient (Wildman–Crippen LogP) is 3.06. The highest BCUT2D eigenvalue weighted by Gasteiger charge is 2.16. The molecule has 0 amide bonds. The van der Waals surface area contributed by atoms with Crippen LogP contribution in [0.3, 0.4) is 0 Å². The Morgan fingerprint density at radius 1 is 1.25 bits per heavy atom. The molecule has 1 heterocycles. The van der Waals surface area contributed by atoms with Gasteiger partial charge in [0.05, 0.1) is 4.47 Å². The second kappa shape index (κ2) is 4.72. The van der Waals surface area contributed by atoms with Crippen molar-refractivity contribution < 1.29 is 9.50 Å². The maximum absolute atomic E-state index is 13.7. The van der Waals surface area contributed by atoms with Gasteiger partial charge in [-0.05, 0) is 28.1 Å². The van der Waals surface area contributed by atoms with Gasteiger partial charge in [-0.1, -0.05) is 18.2 Å². The van der Waals surface area contributed by atoms with Crippen molar-refractivity contribution >= 4 is 15.9 Å². The number of nitrogens with zero attached hydrogens (tertiary/aromatic N) is 1. The normalized spacial score (nSPS) is 12.4. The Morgan fingerprint density at radius 3 is 2.75 bits per heavy atom. The highest BCUT2D eigenvalue weighted by Crippen LogP contribution is 2.27. The van der Waals surface area contributed by atoms with E-state index in [1.165, 1.54) is 6.20 Å². The van der Waals surface area contributed by atoms with Crippen LogP contribution in [0.5, 0.6) is 0 Å². The van der Waals surface area contributed by atoms with Crippen LogP contribution in [0.2, 0.25) is 0 Å². The first kappa shape index (κ1) is 11.2. The lowest BCUT2D eigenvalue weighted by atomic mass is 10.0. The monoisotopic (exact) mass is 281 g/mol. The first-order chi connectivity index (χ1) is 7.70. The van der Waals surface area contributed by atoms with Crippen molar-refractivity contribution in [2.24, 2.45) is 0 Å². The van der Waals surface area contributed by atoms with E-state index in [0.717, 1.165) is 0 Å². The van der Waals surface area contributed by atoms with Crippen LogP contribution in [0.15, 0.2) is 47.2 Å². The molecule has 0 bridgehead atoms. The highest BCUT2D eigenvalue weighted by molar-refractivity contribution is 9.10. The summed E-state index contributed by atoms with van der Waals surface area (Å²) in [7, 11) is 0. The minimum Gasteiger partial charge on any atom is -0.383 e. The number of aromatic nitrogens is 1. The van der Waals surface area contributed by atoms with Crippen molar-refractivity contribution in [1.29, 1.82) is 0 Å². The molecule has 0 saturated carbocycles. The third kappa shape index (κ3) is 2.13. The standard InChI is InChI=1S/C12H9BrFNO/c13-10-5-1-4-9(11(10)14)12(16)8-3-2-6-15-7-8/h1-7,12,16H/t12-/m1/s1. The number of hydrogen-bond donors (Lipinski definition) is 1. The largest absolute Gasteiger partial charge is 0.383 e. The molecule has 16 heavy (non-hydrogen) atoms. The van der Waals surface area contributed by atoms with Gasteiger partial charge in [0, 0.05) is 23.5 Å². The number of rotatable bonds is 2. The van der Waals surface area contributed by atoms with Crippen LogP contribution >= 0.6 is 15.9 Å². The van der Waals surface area contributed by atoms with E-state index >= 15 is 0 Å². The summed E-state index contributed by atoms with van der Waals surface area (Å²) in [6.45, 7) is 0. The summed E-state index contributed by atoms with van der Waals surface area (Å²) in [5.41, 5.74) is 0.807. The molecule has 82 valence electrons. The van der Waals surface area contributed by atoms with Crippen molar-refractivity contribution in [2.45, 2.75) is 6.10 Å². The highest BCUT2D eigenvalue weighted by atomic mass is 79.9. The lowest BCUT2D eigenvalue weighted by molar-refractivity contribution is 0.214. The lowest BCUT2D eigenvalue weighted by Crippen LogP contribution is -2.03. The predicted molar refractivity (Wildman–Crippen MR) is 62.4 cm³/mol. The zero-order valence-corrected chi connectivity index (χ0v) is 9.86. The zero-order valence-electron chi connectivity index (χ0n) is 8.27. The van der Waals surface area contributed by atoms with Gasteiger partial charge in [-0.2, -0.15) is 0 Å².